The number of amides is 1. The maximum Gasteiger partial charge on any atom is 0.272 e. The van der Waals surface area contributed by atoms with Gasteiger partial charge in [-0.2, -0.15) is 5.10 Å². The molecule has 1 amide bonds. The van der Waals surface area contributed by atoms with E-state index in [1.807, 2.05) is 35.9 Å². The molecule has 0 bridgehead atoms. The average Bonchev–Trinajstić information content (AvgIpc) is 3.36. The Bertz CT molecular complexity index is 1210. The Morgan fingerprint density at radius 2 is 1.74 bits per heavy atom. The number of aromatic nitrogens is 2. The van der Waals surface area contributed by atoms with Crippen molar-refractivity contribution >= 4 is 15.9 Å². The van der Waals surface area contributed by atoms with Gasteiger partial charge >= 0.3 is 0 Å². The summed E-state index contributed by atoms with van der Waals surface area (Å²) >= 11 is 0. The number of hydrogen-bond acceptors (Lipinski definition) is 4. The van der Waals surface area contributed by atoms with Gasteiger partial charge in [-0.05, 0) is 56.0 Å². The van der Waals surface area contributed by atoms with Crippen molar-refractivity contribution in [3.05, 3.63) is 76.6 Å². The van der Waals surface area contributed by atoms with Crippen LogP contribution in [0.15, 0.2) is 53.4 Å². The molecule has 0 radical (unpaired) electrons. The van der Waals surface area contributed by atoms with Gasteiger partial charge in [0.1, 0.15) is 0 Å². The summed E-state index contributed by atoms with van der Waals surface area (Å²) in [5.74, 6) is -0.214. The van der Waals surface area contributed by atoms with Gasteiger partial charge in [-0.1, -0.05) is 29.8 Å². The molecule has 31 heavy (non-hydrogen) atoms. The van der Waals surface area contributed by atoms with Crippen LogP contribution in [0.3, 0.4) is 0 Å². The van der Waals surface area contributed by atoms with Crippen LogP contribution in [0.5, 0.6) is 0 Å². The van der Waals surface area contributed by atoms with E-state index in [0.29, 0.717) is 12.2 Å². The Balaban J connectivity index is 1.51. The summed E-state index contributed by atoms with van der Waals surface area (Å²) in [7, 11) is -0.473. The molecule has 0 fully saturated rings. The van der Waals surface area contributed by atoms with E-state index >= 15 is 0 Å². The van der Waals surface area contributed by atoms with E-state index in [2.05, 4.69) is 10.4 Å². The molecule has 0 saturated heterocycles. The molecule has 0 unspecified atom stereocenters. The lowest BCUT2D eigenvalue weighted by molar-refractivity contribution is 0.0944. The summed E-state index contributed by atoms with van der Waals surface area (Å²) in [6, 6.07) is 14.7. The van der Waals surface area contributed by atoms with Crippen LogP contribution in [-0.4, -0.2) is 42.5 Å². The second-order valence-corrected chi connectivity index (χ2v) is 10.1. The minimum absolute atomic E-state index is 0.214. The number of benzene rings is 2. The lowest BCUT2D eigenvalue weighted by Crippen LogP contribution is -2.25. The van der Waals surface area contributed by atoms with Gasteiger partial charge in [-0.25, -0.2) is 17.4 Å². The van der Waals surface area contributed by atoms with Gasteiger partial charge in [-0.15, -0.1) is 0 Å². The maximum absolute atomic E-state index is 12.9. The first-order valence-corrected chi connectivity index (χ1v) is 11.7. The van der Waals surface area contributed by atoms with Crippen molar-refractivity contribution in [3.8, 4) is 5.69 Å². The highest BCUT2D eigenvalue weighted by Gasteiger charge is 2.27. The van der Waals surface area contributed by atoms with Crippen molar-refractivity contribution in [1.82, 2.24) is 19.4 Å². The molecular weight excluding hydrogens is 412 g/mol. The van der Waals surface area contributed by atoms with Crippen LogP contribution < -0.4 is 5.32 Å². The number of fused-ring (bicyclic) bond motifs is 1. The Morgan fingerprint density at radius 3 is 2.39 bits per heavy atom. The molecule has 1 heterocycles. The maximum atomic E-state index is 12.9. The predicted octanol–water partition coefficient (Wildman–Crippen LogP) is 2.85. The molecule has 0 spiro atoms. The molecule has 4 rings (SSSR count). The number of rotatable bonds is 6. The average molecular weight is 439 g/mol. The zero-order valence-electron chi connectivity index (χ0n) is 17.9. The molecule has 8 heteroatoms. The Morgan fingerprint density at radius 1 is 1.06 bits per heavy atom. The SMILES string of the molecule is Cc1ccc(-n2nc(C(=O)NCc3ccc(S(=O)(=O)N(C)C)cc3)c3c2CCC3)cc1. The van der Waals surface area contributed by atoms with Crippen molar-refractivity contribution < 1.29 is 13.2 Å². The highest BCUT2D eigenvalue weighted by Crippen LogP contribution is 2.28. The normalized spacial score (nSPS) is 13.4. The second-order valence-electron chi connectivity index (χ2n) is 7.99. The molecule has 3 aromatic rings. The number of nitrogens with zero attached hydrogens (tertiary/aromatic N) is 3. The van der Waals surface area contributed by atoms with E-state index in [-0.39, 0.29) is 10.8 Å². The summed E-state index contributed by atoms with van der Waals surface area (Å²) < 4.78 is 27.4. The van der Waals surface area contributed by atoms with E-state index in [1.54, 1.807) is 24.3 Å². The van der Waals surface area contributed by atoms with E-state index in [4.69, 9.17) is 0 Å². The first-order chi connectivity index (χ1) is 14.8. The highest BCUT2D eigenvalue weighted by atomic mass is 32.2. The zero-order chi connectivity index (χ0) is 22.2. The van der Waals surface area contributed by atoms with Gasteiger partial charge < -0.3 is 5.32 Å². The molecule has 2 aromatic carbocycles. The Hall–Kier alpha value is -2.97. The highest BCUT2D eigenvalue weighted by molar-refractivity contribution is 7.89. The fourth-order valence-corrected chi connectivity index (χ4v) is 4.68. The molecule has 162 valence electrons. The van der Waals surface area contributed by atoms with Crippen LogP contribution in [0.4, 0.5) is 0 Å². The van der Waals surface area contributed by atoms with Gasteiger partial charge in [-0.3, -0.25) is 4.79 Å². The fourth-order valence-electron chi connectivity index (χ4n) is 3.78. The summed E-state index contributed by atoms with van der Waals surface area (Å²) in [6.45, 7) is 2.34. The summed E-state index contributed by atoms with van der Waals surface area (Å²) in [5.41, 5.74) is 5.55. The van der Waals surface area contributed by atoms with Crippen LogP contribution in [-0.2, 0) is 29.4 Å². The number of sulfonamides is 1. The summed E-state index contributed by atoms with van der Waals surface area (Å²) in [5, 5.41) is 7.55. The third-order valence-electron chi connectivity index (χ3n) is 5.58. The van der Waals surface area contributed by atoms with E-state index in [1.165, 1.54) is 24.0 Å². The quantitative estimate of drug-likeness (QED) is 0.641. The first kappa shape index (κ1) is 21.3. The van der Waals surface area contributed by atoms with Crippen LogP contribution in [0.2, 0.25) is 0 Å². The van der Waals surface area contributed by atoms with Crippen LogP contribution in [0.1, 0.15) is 39.3 Å². The number of carbonyl (C=O) groups excluding carboxylic acids is 1. The lowest BCUT2D eigenvalue weighted by Gasteiger charge is -2.11. The van der Waals surface area contributed by atoms with Crippen molar-refractivity contribution in [3.63, 3.8) is 0 Å². The van der Waals surface area contributed by atoms with Gasteiger partial charge in [0.2, 0.25) is 10.0 Å². The lowest BCUT2D eigenvalue weighted by atomic mass is 10.1. The Kier molecular flexibility index (Phi) is 5.68. The molecule has 1 N–H and O–H groups in total. The van der Waals surface area contributed by atoms with E-state index in [0.717, 1.165) is 41.8 Å². The van der Waals surface area contributed by atoms with Crippen molar-refractivity contribution in [2.24, 2.45) is 0 Å². The number of aryl methyl sites for hydroxylation is 1. The summed E-state index contributed by atoms with van der Waals surface area (Å²) in [6.07, 6.45) is 2.77. The topological polar surface area (TPSA) is 84.3 Å². The number of nitrogens with one attached hydrogen (secondary N) is 1. The Labute approximate surface area is 182 Å². The van der Waals surface area contributed by atoms with Gasteiger partial charge in [0.15, 0.2) is 5.69 Å². The summed E-state index contributed by atoms with van der Waals surface area (Å²) in [4.78, 5) is 13.1. The fraction of sp³-hybridized carbons (Fsp3) is 0.304. The third-order valence-corrected chi connectivity index (χ3v) is 7.41. The minimum atomic E-state index is -3.47. The van der Waals surface area contributed by atoms with Crippen LogP contribution in [0, 0.1) is 6.92 Å². The van der Waals surface area contributed by atoms with Crippen molar-refractivity contribution in [2.45, 2.75) is 37.6 Å². The van der Waals surface area contributed by atoms with E-state index < -0.39 is 10.0 Å². The van der Waals surface area contributed by atoms with Crippen LogP contribution in [0.25, 0.3) is 5.69 Å². The molecule has 0 saturated carbocycles. The molecule has 0 aliphatic heterocycles. The number of hydrogen-bond donors (Lipinski definition) is 1. The predicted molar refractivity (Wildman–Crippen MR) is 119 cm³/mol. The first-order valence-electron chi connectivity index (χ1n) is 10.2. The minimum Gasteiger partial charge on any atom is -0.347 e. The van der Waals surface area contributed by atoms with Gasteiger partial charge in [0, 0.05) is 31.9 Å². The third kappa shape index (κ3) is 4.13. The van der Waals surface area contributed by atoms with E-state index in [9.17, 15) is 13.2 Å². The van der Waals surface area contributed by atoms with Gasteiger partial charge in [0.05, 0.1) is 10.6 Å². The largest absolute Gasteiger partial charge is 0.347 e. The van der Waals surface area contributed by atoms with Crippen molar-refractivity contribution in [2.75, 3.05) is 14.1 Å². The molecule has 1 aliphatic carbocycles. The number of carbonyl (C=O) groups is 1. The van der Waals surface area contributed by atoms with Crippen molar-refractivity contribution in [1.29, 1.82) is 0 Å². The molecule has 0 atom stereocenters. The molecular formula is C23H26N4O3S. The van der Waals surface area contributed by atoms with Gasteiger partial charge in [0.25, 0.3) is 5.91 Å². The molecule has 7 nitrogen and oxygen atoms in total. The second kappa shape index (κ2) is 8.28. The monoisotopic (exact) mass is 438 g/mol. The zero-order valence-corrected chi connectivity index (χ0v) is 18.7. The van der Waals surface area contributed by atoms with Crippen LogP contribution >= 0.6 is 0 Å². The molecule has 1 aliphatic rings. The molecule has 1 aromatic heterocycles. The standard InChI is InChI=1S/C23H26N4O3S/c1-16-7-11-18(12-8-16)27-21-6-4-5-20(21)22(25-27)23(28)24-15-17-9-13-19(14-10-17)31(29,30)26(2)3/h7-14H,4-6,15H2,1-3H3,(H,24,28). The smallest absolute Gasteiger partial charge is 0.272 e.